The first-order valence-corrected chi connectivity index (χ1v) is 9.14. The lowest BCUT2D eigenvalue weighted by atomic mass is 10.1. The predicted octanol–water partition coefficient (Wildman–Crippen LogP) is 2.20. The molecule has 1 saturated carbocycles. The second-order valence-electron chi connectivity index (χ2n) is 7.24. The first kappa shape index (κ1) is 15.2. The summed E-state index contributed by atoms with van der Waals surface area (Å²) < 4.78 is 0. The average Bonchev–Trinajstić information content (AvgIpc) is 3.30. The summed E-state index contributed by atoms with van der Waals surface area (Å²) >= 11 is 0. The molecule has 1 aromatic rings. The molecule has 2 heterocycles. The van der Waals surface area contributed by atoms with Crippen molar-refractivity contribution < 1.29 is 4.79 Å². The Morgan fingerprint density at radius 2 is 1.57 bits per heavy atom. The molecule has 0 unspecified atom stereocenters. The summed E-state index contributed by atoms with van der Waals surface area (Å²) in [6.07, 6.45) is 5.12. The van der Waals surface area contributed by atoms with Crippen LogP contribution in [0.3, 0.4) is 0 Å². The van der Waals surface area contributed by atoms with Gasteiger partial charge >= 0.3 is 0 Å². The summed E-state index contributed by atoms with van der Waals surface area (Å²) in [6, 6.07) is 9.19. The van der Waals surface area contributed by atoms with Crippen molar-refractivity contribution >= 4 is 5.91 Å². The summed E-state index contributed by atoms with van der Waals surface area (Å²) in [5, 5.41) is 0. The predicted molar refractivity (Wildman–Crippen MR) is 91.5 cm³/mol. The lowest BCUT2D eigenvalue weighted by Gasteiger charge is -2.34. The van der Waals surface area contributed by atoms with E-state index in [-0.39, 0.29) is 5.91 Å². The van der Waals surface area contributed by atoms with Crippen molar-refractivity contribution in [3.63, 3.8) is 0 Å². The van der Waals surface area contributed by atoms with E-state index in [1.165, 1.54) is 44.6 Å². The van der Waals surface area contributed by atoms with Crippen molar-refractivity contribution in [2.75, 3.05) is 39.3 Å². The van der Waals surface area contributed by atoms with E-state index in [2.05, 4.69) is 21.9 Å². The molecule has 0 bridgehead atoms. The minimum atomic E-state index is 0.201. The summed E-state index contributed by atoms with van der Waals surface area (Å²) in [7, 11) is 0. The van der Waals surface area contributed by atoms with Crippen LogP contribution in [0.25, 0.3) is 0 Å². The van der Waals surface area contributed by atoms with Crippen LogP contribution in [0.5, 0.6) is 0 Å². The fourth-order valence-corrected chi connectivity index (χ4v) is 3.84. The summed E-state index contributed by atoms with van der Waals surface area (Å²) in [4.78, 5) is 19.5. The molecule has 3 fully saturated rings. The van der Waals surface area contributed by atoms with Gasteiger partial charge in [0.25, 0.3) is 5.91 Å². The Morgan fingerprint density at radius 3 is 2.17 bits per heavy atom. The van der Waals surface area contributed by atoms with E-state index in [4.69, 9.17) is 0 Å². The van der Waals surface area contributed by atoms with Crippen molar-refractivity contribution in [2.45, 2.75) is 38.3 Å². The quantitative estimate of drug-likeness (QED) is 0.853. The van der Waals surface area contributed by atoms with Crippen LogP contribution in [0.15, 0.2) is 24.3 Å². The Kier molecular flexibility index (Phi) is 4.36. The number of hydrogen-bond acceptors (Lipinski definition) is 3. The molecule has 1 amide bonds. The zero-order chi connectivity index (χ0) is 15.6. The lowest BCUT2D eigenvalue weighted by Crippen LogP contribution is -2.46. The van der Waals surface area contributed by atoms with Crippen molar-refractivity contribution in [2.24, 2.45) is 0 Å². The Balaban J connectivity index is 1.30. The van der Waals surface area contributed by atoms with E-state index in [1.807, 2.05) is 17.0 Å². The van der Waals surface area contributed by atoms with Gasteiger partial charge in [0.05, 0.1) is 0 Å². The minimum absolute atomic E-state index is 0.201. The molecule has 1 aromatic carbocycles. The molecule has 0 atom stereocenters. The third-order valence-corrected chi connectivity index (χ3v) is 5.47. The minimum Gasteiger partial charge on any atom is -0.339 e. The number of carbonyl (C=O) groups excluding carboxylic acids is 1. The molecule has 0 aromatic heterocycles. The van der Waals surface area contributed by atoms with Crippen LogP contribution in [0.4, 0.5) is 0 Å². The van der Waals surface area contributed by atoms with Crippen LogP contribution in [0.2, 0.25) is 0 Å². The van der Waals surface area contributed by atoms with E-state index in [0.29, 0.717) is 0 Å². The lowest BCUT2D eigenvalue weighted by molar-refractivity contribution is 0.0793. The maximum atomic E-state index is 12.4. The molecule has 4 heteroatoms. The molecular formula is C19H27N3O. The average molecular weight is 313 g/mol. The topological polar surface area (TPSA) is 26.8 Å². The highest BCUT2D eigenvalue weighted by Crippen LogP contribution is 2.27. The molecule has 4 nitrogen and oxygen atoms in total. The summed E-state index contributed by atoms with van der Waals surface area (Å²) in [5.74, 6) is 0.201. The van der Waals surface area contributed by atoms with Gasteiger partial charge in [-0.15, -0.1) is 0 Å². The molecular weight excluding hydrogens is 286 g/mol. The fraction of sp³-hybridized carbons (Fsp3) is 0.632. The second-order valence-corrected chi connectivity index (χ2v) is 7.24. The van der Waals surface area contributed by atoms with Gasteiger partial charge in [-0.3, -0.25) is 14.6 Å². The molecule has 0 radical (unpaired) electrons. The zero-order valence-electron chi connectivity index (χ0n) is 13.9. The van der Waals surface area contributed by atoms with Crippen LogP contribution in [-0.4, -0.2) is 65.9 Å². The van der Waals surface area contributed by atoms with Crippen LogP contribution in [-0.2, 0) is 6.54 Å². The summed E-state index contributed by atoms with van der Waals surface area (Å²) in [5.41, 5.74) is 2.16. The number of carbonyl (C=O) groups is 1. The maximum Gasteiger partial charge on any atom is 0.253 e. The Morgan fingerprint density at radius 1 is 0.913 bits per heavy atom. The van der Waals surface area contributed by atoms with Gasteiger partial charge in [-0.05, 0) is 43.4 Å². The SMILES string of the molecule is O=C(c1ccc(CN2CCN(C3CC3)CC2)cc1)N1CCCC1. The molecule has 2 saturated heterocycles. The molecule has 2 aliphatic heterocycles. The monoisotopic (exact) mass is 313 g/mol. The number of benzene rings is 1. The Bertz CT molecular complexity index is 538. The first-order chi connectivity index (χ1) is 11.3. The van der Waals surface area contributed by atoms with E-state index < -0.39 is 0 Å². The van der Waals surface area contributed by atoms with Gasteiger partial charge in [-0.1, -0.05) is 12.1 Å². The first-order valence-electron chi connectivity index (χ1n) is 9.14. The van der Waals surface area contributed by atoms with E-state index in [9.17, 15) is 4.79 Å². The van der Waals surface area contributed by atoms with Gasteiger partial charge in [0.2, 0.25) is 0 Å². The molecule has 3 aliphatic rings. The normalized spacial score (nSPS) is 23.4. The maximum absolute atomic E-state index is 12.4. The van der Waals surface area contributed by atoms with Crippen LogP contribution in [0, 0.1) is 0 Å². The fourth-order valence-electron chi connectivity index (χ4n) is 3.84. The Hall–Kier alpha value is -1.39. The van der Waals surface area contributed by atoms with Gasteiger partial charge in [-0.2, -0.15) is 0 Å². The number of nitrogens with zero attached hydrogens (tertiary/aromatic N) is 3. The Labute approximate surface area is 139 Å². The van der Waals surface area contributed by atoms with Gasteiger partial charge in [0, 0.05) is 57.4 Å². The van der Waals surface area contributed by atoms with Crippen molar-refractivity contribution in [3.8, 4) is 0 Å². The third kappa shape index (κ3) is 3.59. The van der Waals surface area contributed by atoms with Crippen molar-refractivity contribution in [1.82, 2.24) is 14.7 Å². The number of amides is 1. The van der Waals surface area contributed by atoms with Gasteiger partial charge in [0.15, 0.2) is 0 Å². The zero-order valence-corrected chi connectivity index (χ0v) is 13.9. The molecule has 23 heavy (non-hydrogen) atoms. The van der Waals surface area contributed by atoms with Crippen LogP contribution >= 0.6 is 0 Å². The number of rotatable bonds is 4. The molecule has 4 rings (SSSR count). The third-order valence-electron chi connectivity index (χ3n) is 5.47. The molecule has 1 aliphatic carbocycles. The van der Waals surface area contributed by atoms with Crippen molar-refractivity contribution in [3.05, 3.63) is 35.4 Å². The smallest absolute Gasteiger partial charge is 0.253 e. The highest BCUT2D eigenvalue weighted by molar-refractivity contribution is 5.94. The molecule has 0 N–H and O–H groups in total. The number of piperazine rings is 1. The van der Waals surface area contributed by atoms with E-state index in [0.717, 1.165) is 44.1 Å². The largest absolute Gasteiger partial charge is 0.339 e. The van der Waals surface area contributed by atoms with Gasteiger partial charge < -0.3 is 4.90 Å². The van der Waals surface area contributed by atoms with Gasteiger partial charge in [0.1, 0.15) is 0 Å². The summed E-state index contributed by atoms with van der Waals surface area (Å²) in [6.45, 7) is 7.64. The number of hydrogen-bond donors (Lipinski definition) is 0. The standard InChI is InChI=1S/C19H27N3O/c23-19(22-9-1-2-10-22)17-5-3-16(4-6-17)15-20-11-13-21(14-12-20)18-7-8-18/h3-6,18H,1-2,7-15H2. The molecule has 0 spiro atoms. The van der Waals surface area contributed by atoms with Crippen LogP contribution in [0.1, 0.15) is 41.6 Å². The van der Waals surface area contributed by atoms with E-state index in [1.54, 1.807) is 0 Å². The van der Waals surface area contributed by atoms with Crippen molar-refractivity contribution in [1.29, 1.82) is 0 Å². The highest BCUT2D eigenvalue weighted by atomic mass is 16.2. The van der Waals surface area contributed by atoms with Gasteiger partial charge in [-0.25, -0.2) is 0 Å². The second kappa shape index (κ2) is 6.62. The molecule has 124 valence electrons. The van der Waals surface area contributed by atoms with Crippen LogP contribution < -0.4 is 0 Å². The van der Waals surface area contributed by atoms with E-state index >= 15 is 0 Å². The highest BCUT2D eigenvalue weighted by Gasteiger charge is 2.31. The number of likely N-dealkylation sites (tertiary alicyclic amines) is 1.